The molecule has 76 valence electrons. The lowest BCUT2D eigenvalue weighted by Crippen LogP contribution is -2.38. The van der Waals surface area contributed by atoms with E-state index in [0.717, 1.165) is 38.9 Å². The Morgan fingerprint density at radius 3 is 2.54 bits per heavy atom. The predicted molar refractivity (Wildman–Crippen MR) is 57.7 cm³/mol. The highest BCUT2D eigenvalue weighted by Crippen LogP contribution is 2.17. The van der Waals surface area contributed by atoms with Crippen molar-refractivity contribution in [3.63, 3.8) is 0 Å². The number of aliphatic hydroxyl groups is 1. The Morgan fingerprint density at radius 2 is 2.08 bits per heavy atom. The van der Waals surface area contributed by atoms with Gasteiger partial charge in [-0.25, -0.2) is 0 Å². The van der Waals surface area contributed by atoms with Gasteiger partial charge in [0.25, 0.3) is 0 Å². The van der Waals surface area contributed by atoms with Gasteiger partial charge in [0, 0.05) is 19.1 Å². The van der Waals surface area contributed by atoms with Crippen LogP contribution in [0.15, 0.2) is 0 Å². The molecule has 1 aliphatic rings. The van der Waals surface area contributed by atoms with Crippen LogP contribution in [-0.4, -0.2) is 41.2 Å². The first-order valence-electron chi connectivity index (χ1n) is 4.86. The minimum atomic E-state index is 0.287. The second-order valence-corrected chi connectivity index (χ2v) is 4.07. The zero-order chi connectivity index (χ0) is 9.68. The van der Waals surface area contributed by atoms with E-state index in [-0.39, 0.29) is 6.61 Å². The molecule has 4 heteroatoms. The molecule has 0 unspecified atom stereocenters. The summed E-state index contributed by atoms with van der Waals surface area (Å²) in [6.07, 6.45) is 3.04. The van der Waals surface area contributed by atoms with Crippen molar-refractivity contribution in [1.29, 1.82) is 0 Å². The van der Waals surface area contributed by atoms with Gasteiger partial charge in [-0.15, -0.1) is 0 Å². The Balaban J connectivity index is 2.18. The Hall–Kier alpha value is -0.190. The maximum absolute atomic E-state index is 8.67. The number of rotatable bonds is 4. The van der Waals surface area contributed by atoms with E-state index in [1.165, 1.54) is 0 Å². The quantitative estimate of drug-likeness (QED) is 0.647. The van der Waals surface area contributed by atoms with Crippen LogP contribution in [0.2, 0.25) is 0 Å². The molecule has 3 N–H and O–H groups in total. The summed E-state index contributed by atoms with van der Waals surface area (Å²) in [6, 6.07) is 0. The molecule has 1 saturated heterocycles. The minimum absolute atomic E-state index is 0.287. The highest BCUT2D eigenvalue weighted by Gasteiger charge is 2.20. The van der Waals surface area contributed by atoms with Crippen LogP contribution >= 0.6 is 12.2 Å². The maximum Gasteiger partial charge on any atom is 0.0759 e. The number of hydrogen-bond donors (Lipinski definition) is 2. The molecular weight excluding hydrogens is 184 g/mol. The van der Waals surface area contributed by atoms with Gasteiger partial charge in [0.2, 0.25) is 0 Å². The van der Waals surface area contributed by atoms with Gasteiger partial charge in [0.15, 0.2) is 0 Å². The van der Waals surface area contributed by atoms with E-state index < -0.39 is 0 Å². The first-order valence-corrected chi connectivity index (χ1v) is 5.27. The normalized spacial score (nSPS) is 20.4. The number of nitrogens with two attached hydrogens (primary N) is 1. The highest BCUT2D eigenvalue weighted by molar-refractivity contribution is 7.80. The van der Waals surface area contributed by atoms with Crippen LogP contribution in [0.25, 0.3) is 0 Å². The monoisotopic (exact) mass is 202 g/mol. The van der Waals surface area contributed by atoms with Crippen molar-refractivity contribution in [2.45, 2.75) is 19.3 Å². The second-order valence-electron chi connectivity index (χ2n) is 3.60. The number of piperidine rings is 1. The molecule has 0 aromatic rings. The fraction of sp³-hybridized carbons (Fsp3) is 0.889. The third kappa shape index (κ3) is 3.58. The molecule has 0 bridgehead atoms. The zero-order valence-corrected chi connectivity index (χ0v) is 8.72. The molecule has 0 spiro atoms. The van der Waals surface area contributed by atoms with Crippen LogP contribution in [0.5, 0.6) is 0 Å². The van der Waals surface area contributed by atoms with Crippen LogP contribution in [0.1, 0.15) is 19.3 Å². The Morgan fingerprint density at radius 1 is 1.46 bits per heavy atom. The molecule has 0 radical (unpaired) electrons. The van der Waals surface area contributed by atoms with Crippen molar-refractivity contribution in [2.24, 2.45) is 11.7 Å². The molecule has 1 fully saturated rings. The van der Waals surface area contributed by atoms with Gasteiger partial charge in [-0.05, 0) is 32.4 Å². The molecule has 0 atom stereocenters. The summed E-state index contributed by atoms with van der Waals surface area (Å²) in [5.74, 6) is 0.445. The molecule has 1 heterocycles. The zero-order valence-electron chi connectivity index (χ0n) is 7.91. The van der Waals surface area contributed by atoms with Gasteiger partial charge in [0.05, 0.1) is 4.99 Å². The lowest BCUT2D eigenvalue weighted by atomic mass is 9.97. The van der Waals surface area contributed by atoms with Crippen molar-refractivity contribution in [2.75, 3.05) is 26.2 Å². The van der Waals surface area contributed by atoms with E-state index in [4.69, 9.17) is 23.1 Å². The second kappa shape index (κ2) is 5.52. The molecule has 13 heavy (non-hydrogen) atoms. The van der Waals surface area contributed by atoms with Crippen LogP contribution in [-0.2, 0) is 0 Å². The topological polar surface area (TPSA) is 49.5 Å². The molecule has 0 saturated carbocycles. The standard InChI is InChI=1S/C9H18N2OS/c10-9(13)8-2-5-11(6-3-8)4-1-7-12/h8,12H,1-7H2,(H2,10,13). The van der Waals surface area contributed by atoms with Gasteiger partial charge in [-0.3, -0.25) is 0 Å². The molecule has 0 aliphatic carbocycles. The lowest BCUT2D eigenvalue weighted by Gasteiger charge is -2.31. The van der Waals surface area contributed by atoms with Crippen molar-refractivity contribution < 1.29 is 5.11 Å². The van der Waals surface area contributed by atoms with Crippen molar-refractivity contribution >= 4 is 17.2 Å². The van der Waals surface area contributed by atoms with Crippen LogP contribution in [0, 0.1) is 5.92 Å². The average Bonchev–Trinajstić information content (AvgIpc) is 2.15. The molecule has 1 rings (SSSR count). The maximum atomic E-state index is 8.67. The lowest BCUT2D eigenvalue weighted by molar-refractivity contribution is 0.186. The summed E-state index contributed by atoms with van der Waals surface area (Å²) < 4.78 is 0. The fourth-order valence-corrected chi connectivity index (χ4v) is 1.97. The third-order valence-corrected chi connectivity index (χ3v) is 2.96. The SMILES string of the molecule is NC(=S)C1CCN(CCCO)CC1. The van der Waals surface area contributed by atoms with Gasteiger partial charge >= 0.3 is 0 Å². The number of aliphatic hydroxyl groups excluding tert-OH is 1. The van der Waals surface area contributed by atoms with Gasteiger partial charge in [-0.1, -0.05) is 12.2 Å². The molecule has 0 amide bonds. The van der Waals surface area contributed by atoms with Crippen molar-refractivity contribution in [1.82, 2.24) is 4.90 Å². The van der Waals surface area contributed by atoms with Crippen LogP contribution < -0.4 is 5.73 Å². The summed E-state index contributed by atoms with van der Waals surface area (Å²) in [5.41, 5.74) is 5.59. The number of hydrogen-bond acceptors (Lipinski definition) is 3. The minimum Gasteiger partial charge on any atom is -0.396 e. The van der Waals surface area contributed by atoms with E-state index in [2.05, 4.69) is 4.90 Å². The summed E-state index contributed by atoms with van der Waals surface area (Å²) in [7, 11) is 0. The Kier molecular flexibility index (Phi) is 4.62. The van der Waals surface area contributed by atoms with Crippen molar-refractivity contribution in [3.05, 3.63) is 0 Å². The molecule has 0 aromatic heterocycles. The third-order valence-electron chi connectivity index (χ3n) is 2.62. The summed E-state index contributed by atoms with van der Waals surface area (Å²) in [6.45, 7) is 3.43. The fourth-order valence-electron chi connectivity index (χ4n) is 1.74. The van der Waals surface area contributed by atoms with E-state index >= 15 is 0 Å². The first-order chi connectivity index (χ1) is 6.24. The largest absolute Gasteiger partial charge is 0.396 e. The van der Waals surface area contributed by atoms with E-state index in [1.807, 2.05) is 0 Å². The summed E-state index contributed by atoms with van der Waals surface area (Å²) in [4.78, 5) is 3.03. The molecule has 1 aliphatic heterocycles. The number of likely N-dealkylation sites (tertiary alicyclic amines) is 1. The van der Waals surface area contributed by atoms with E-state index in [1.54, 1.807) is 0 Å². The predicted octanol–water partition coefficient (Wildman–Crippen LogP) is 0.367. The number of thiocarbonyl (C=S) groups is 1. The molecular formula is C9H18N2OS. The number of nitrogens with zero attached hydrogens (tertiary/aromatic N) is 1. The first kappa shape index (κ1) is 10.9. The van der Waals surface area contributed by atoms with Crippen LogP contribution in [0.3, 0.4) is 0 Å². The molecule has 3 nitrogen and oxygen atoms in total. The van der Waals surface area contributed by atoms with Crippen LogP contribution in [0.4, 0.5) is 0 Å². The Labute approximate surface area is 84.9 Å². The van der Waals surface area contributed by atoms with Gasteiger partial charge in [0.1, 0.15) is 0 Å². The van der Waals surface area contributed by atoms with Crippen molar-refractivity contribution in [3.8, 4) is 0 Å². The van der Waals surface area contributed by atoms with E-state index in [0.29, 0.717) is 10.9 Å². The van der Waals surface area contributed by atoms with Gasteiger partial charge in [-0.2, -0.15) is 0 Å². The molecule has 0 aromatic carbocycles. The average molecular weight is 202 g/mol. The van der Waals surface area contributed by atoms with E-state index in [9.17, 15) is 0 Å². The van der Waals surface area contributed by atoms with Gasteiger partial charge < -0.3 is 15.7 Å². The highest BCUT2D eigenvalue weighted by atomic mass is 32.1. The Bertz CT molecular complexity index is 167. The smallest absolute Gasteiger partial charge is 0.0759 e. The summed E-state index contributed by atoms with van der Waals surface area (Å²) in [5, 5.41) is 8.67. The summed E-state index contributed by atoms with van der Waals surface area (Å²) >= 11 is 4.96.